The first kappa shape index (κ1) is 16.9. The first-order valence-corrected chi connectivity index (χ1v) is 9.20. The van der Waals surface area contributed by atoms with Gasteiger partial charge in [0.25, 0.3) is 0 Å². The second kappa shape index (κ2) is 8.27. The molecule has 0 radical (unpaired) electrons. The standard InChI is InChI=1S/C19H27N3O2/c23-18-8-7-16(14-22(18)17-5-3-1-2-4-6-17)19(24)21-13-15-9-11-20-12-10-15/h9-12,16-17H,1-8,13-14H2,(H,21,24). The second-order valence-electron chi connectivity index (χ2n) is 7.00. The Morgan fingerprint density at radius 2 is 1.83 bits per heavy atom. The second-order valence-corrected chi connectivity index (χ2v) is 7.00. The molecule has 3 rings (SSSR count). The number of hydrogen-bond acceptors (Lipinski definition) is 3. The summed E-state index contributed by atoms with van der Waals surface area (Å²) in [6, 6.07) is 4.15. The molecule has 1 atom stereocenters. The van der Waals surface area contributed by atoms with Gasteiger partial charge in [-0.3, -0.25) is 14.6 Å². The van der Waals surface area contributed by atoms with Gasteiger partial charge in [0.05, 0.1) is 5.92 Å². The molecule has 1 aromatic heterocycles. The van der Waals surface area contributed by atoms with E-state index in [-0.39, 0.29) is 17.7 Å². The van der Waals surface area contributed by atoms with E-state index in [1.165, 1.54) is 25.7 Å². The van der Waals surface area contributed by atoms with Crippen molar-refractivity contribution in [3.63, 3.8) is 0 Å². The van der Waals surface area contributed by atoms with E-state index in [9.17, 15) is 9.59 Å². The van der Waals surface area contributed by atoms with Gasteiger partial charge in [-0.2, -0.15) is 0 Å². The molecule has 5 heteroatoms. The zero-order chi connectivity index (χ0) is 16.8. The third kappa shape index (κ3) is 4.34. The third-order valence-electron chi connectivity index (χ3n) is 5.30. The van der Waals surface area contributed by atoms with Gasteiger partial charge < -0.3 is 10.2 Å². The largest absolute Gasteiger partial charge is 0.352 e. The van der Waals surface area contributed by atoms with Crippen LogP contribution in [0.2, 0.25) is 0 Å². The van der Waals surface area contributed by atoms with Gasteiger partial charge in [-0.05, 0) is 37.0 Å². The lowest BCUT2D eigenvalue weighted by Crippen LogP contribution is -2.49. The van der Waals surface area contributed by atoms with Gasteiger partial charge in [0.2, 0.25) is 11.8 Å². The fourth-order valence-corrected chi connectivity index (χ4v) is 3.84. The number of nitrogens with zero attached hydrogens (tertiary/aromatic N) is 2. The molecule has 0 bridgehead atoms. The Bertz CT molecular complexity index is 553. The predicted octanol–water partition coefficient (Wildman–Crippen LogP) is 2.66. The van der Waals surface area contributed by atoms with Crippen molar-refractivity contribution >= 4 is 11.8 Å². The van der Waals surface area contributed by atoms with Crippen molar-refractivity contribution in [2.24, 2.45) is 5.92 Å². The molecular weight excluding hydrogens is 302 g/mol. The molecule has 1 aromatic rings. The number of pyridine rings is 1. The number of likely N-dealkylation sites (tertiary alicyclic amines) is 1. The van der Waals surface area contributed by atoms with Crippen LogP contribution >= 0.6 is 0 Å². The fraction of sp³-hybridized carbons (Fsp3) is 0.632. The number of carbonyl (C=O) groups excluding carboxylic acids is 2. The highest BCUT2D eigenvalue weighted by molar-refractivity contribution is 5.84. The molecule has 5 nitrogen and oxygen atoms in total. The van der Waals surface area contributed by atoms with Crippen LogP contribution in [0.3, 0.4) is 0 Å². The summed E-state index contributed by atoms with van der Waals surface area (Å²) in [5.74, 6) is 0.228. The first-order valence-electron chi connectivity index (χ1n) is 9.20. The molecule has 2 heterocycles. The molecule has 0 aromatic carbocycles. The molecule has 2 aliphatic rings. The maximum absolute atomic E-state index is 12.5. The van der Waals surface area contributed by atoms with Crippen molar-refractivity contribution in [3.05, 3.63) is 30.1 Å². The minimum absolute atomic E-state index is 0.0675. The molecular formula is C19H27N3O2. The highest BCUT2D eigenvalue weighted by Gasteiger charge is 2.34. The van der Waals surface area contributed by atoms with Crippen LogP contribution in [0, 0.1) is 5.92 Å². The summed E-state index contributed by atoms with van der Waals surface area (Å²) in [6.45, 7) is 1.11. The summed E-state index contributed by atoms with van der Waals surface area (Å²) in [7, 11) is 0. The van der Waals surface area contributed by atoms with Crippen LogP contribution in [0.25, 0.3) is 0 Å². The van der Waals surface area contributed by atoms with Gasteiger partial charge >= 0.3 is 0 Å². The molecule has 1 saturated heterocycles. The molecule has 1 aliphatic heterocycles. The van der Waals surface area contributed by atoms with Crippen molar-refractivity contribution in [2.75, 3.05) is 6.54 Å². The maximum Gasteiger partial charge on any atom is 0.225 e. The van der Waals surface area contributed by atoms with E-state index < -0.39 is 0 Å². The molecule has 1 unspecified atom stereocenters. The Hall–Kier alpha value is -1.91. The quantitative estimate of drug-likeness (QED) is 0.864. The van der Waals surface area contributed by atoms with Gasteiger partial charge in [-0.25, -0.2) is 0 Å². The average molecular weight is 329 g/mol. The zero-order valence-corrected chi connectivity index (χ0v) is 14.2. The number of amides is 2. The molecule has 24 heavy (non-hydrogen) atoms. The van der Waals surface area contributed by atoms with E-state index in [1.807, 2.05) is 17.0 Å². The topological polar surface area (TPSA) is 62.3 Å². The van der Waals surface area contributed by atoms with E-state index in [4.69, 9.17) is 0 Å². The maximum atomic E-state index is 12.5. The molecule has 2 amide bonds. The van der Waals surface area contributed by atoms with Crippen molar-refractivity contribution in [1.82, 2.24) is 15.2 Å². The molecule has 1 aliphatic carbocycles. The zero-order valence-electron chi connectivity index (χ0n) is 14.2. The first-order chi connectivity index (χ1) is 11.7. The Labute approximate surface area is 143 Å². The van der Waals surface area contributed by atoms with Gasteiger partial charge in [0, 0.05) is 37.9 Å². The van der Waals surface area contributed by atoms with Crippen molar-refractivity contribution < 1.29 is 9.59 Å². The van der Waals surface area contributed by atoms with Gasteiger partial charge in [0.1, 0.15) is 0 Å². The predicted molar refractivity (Wildman–Crippen MR) is 92.0 cm³/mol. The lowest BCUT2D eigenvalue weighted by molar-refractivity contribution is -0.141. The van der Waals surface area contributed by atoms with Crippen molar-refractivity contribution in [1.29, 1.82) is 0 Å². The van der Waals surface area contributed by atoms with Crippen LogP contribution in [-0.2, 0) is 16.1 Å². The number of carbonyl (C=O) groups is 2. The highest BCUT2D eigenvalue weighted by Crippen LogP contribution is 2.27. The molecule has 1 N–H and O–H groups in total. The van der Waals surface area contributed by atoms with E-state index >= 15 is 0 Å². The number of aromatic nitrogens is 1. The monoisotopic (exact) mass is 329 g/mol. The molecule has 0 spiro atoms. The normalized spacial score (nSPS) is 22.9. The van der Waals surface area contributed by atoms with Crippen molar-refractivity contribution in [3.8, 4) is 0 Å². The van der Waals surface area contributed by atoms with Gasteiger partial charge in [-0.15, -0.1) is 0 Å². The summed E-state index contributed by atoms with van der Waals surface area (Å²) in [5.41, 5.74) is 1.05. The summed E-state index contributed by atoms with van der Waals surface area (Å²) >= 11 is 0. The molecule has 2 fully saturated rings. The van der Waals surface area contributed by atoms with Crippen LogP contribution in [0.4, 0.5) is 0 Å². The Kier molecular flexibility index (Phi) is 5.83. The number of nitrogens with one attached hydrogen (secondary N) is 1. The lowest BCUT2D eigenvalue weighted by atomic mass is 9.93. The van der Waals surface area contributed by atoms with E-state index in [2.05, 4.69) is 10.3 Å². The van der Waals surface area contributed by atoms with Gasteiger partial charge in [0.15, 0.2) is 0 Å². The lowest BCUT2D eigenvalue weighted by Gasteiger charge is -2.37. The number of hydrogen-bond donors (Lipinski definition) is 1. The SMILES string of the molecule is O=C(NCc1ccncc1)C1CCC(=O)N(C2CCCCCC2)C1. The Morgan fingerprint density at radius 3 is 2.54 bits per heavy atom. The van der Waals surface area contributed by atoms with E-state index in [0.717, 1.165) is 18.4 Å². The Morgan fingerprint density at radius 1 is 1.12 bits per heavy atom. The summed E-state index contributed by atoms with van der Waals surface area (Å²) < 4.78 is 0. The van der Waals surface area contributed by atoms with Crippen LogP contribution in [0.15, 0.2) is 24.5 Å². The highest BCUT2D eigenvalue weighted by atomic mass is 16.2. The van der Waals surface area contributed by atoms with Gasteiger partial charge in [-0.1, -0.05) is 25.7 Å². The summed E-state index contributed by atoms with van der Waals surface area (Å²) in [6.07, 6.45) is 11.8. The van der Waals surface area contributed by atoms with Crippen molar-refractivity contribution in [2.45, 2.75) is 64.0 Å². The number of rotatable bonds is 4. The van der Waals surface area contributed by atoms with Crippen LogP contribution in [0.1, 0.15) is 56.9 Å². The molecule has 130 valence electrons. The smallest absolute Gasteiger partial charge is 0.225 e. The van der Waals surface area contributed by atoms with E-state index in [1.54, 1.807) is 12.4 Å². The Balaban J connectivity index is 1.55. The minimum atomic E-state index is -0.0761. The number of piperidine rings is 1. The fourth-order valence-electron chi connectivity index (χ4n) is 3.84. The summed E-state index contributed by atoms with van der Waals surface area (Å²) in [5, 5.41) is 3.01. The third-order valence-corrected chi connectivity index (χ3v) is 5.30. The van der Waals surface area contributed by atoms with Crippen LogP contribution < -0.4 is 5.32 Å². The minimum Gasteiger partial charge on any atom is -0.352 e. The summed E-state index contributed by atoms with van der Waals surface area (Å²) in [4.78, 5) is 30.8. The average Bonchev–Trinajstić information content (AvgIpc) is 2.90. The van der Waals surface area contributed by atoms with Crippen LogP contribution in [0.5, 0.6) is 0 Å². The van der Waals surface area contributed by atoms with Crippen LogP contribution in [-0.4, -0.2) is 34.3 Å². The van der Waals surface area contributed by atoms with E-state index in [0.29, 0.717) is 32.0 Å². The molecule has 1 saturated carbocycles.